The molecule has 1 unspecified atom stereocenters. The van der Waals surface area contributed by atoms with Gasteiger partial charge in [-0.25, -0.2) is 8.42 Å². The summed E-state index contributed by atoms with van der Waals surface area (Å²) in [6.07, 6.45) is 22.7. The number of benzene rings is 1. The van der Waals surface area contributed by atoms with Crippen LogP contribution >= 0.6 is 0 Å². The standard InChI is InChI=1S/C36H54O2S/c1-29(2)16-14-19-32(6)21-15-20-31(5)17-12-13-18-33(7)24-25-34(8)26-27-36(28-30(3)4)39(37,38)35-22-10-9-11-23-35/h9-11,16-18,21-23,26,28,36H,12-15,19-20,24-25,27H2,1-8H3/b31-17+,32-21+,33-18+,34-26+. The average molecular weight is 551 g/mol. The van der Waals surface area contributed by atoms with Gasteiger partial charge in [-0.05, 0) is 125 Å². The Morgan fingerprint density at radius 1 is 0.590 bits per heavy atom. The molecule has 2 nitrogen and oxygen atoms in total. The van der Waals surface area contributed by atoms with Crippen LogP contribution in [0.5, 0.6) is 0 Å². The molecule has 216 valence electrons. The maximum absolute atomic E-state index is 13.2. The van der Waals surface area contributed by atoms with E-state index in [-0.39, 0.29) is 0 Å². The van der Waals surface area contributed by atoms with Crippen LogP contribution in [0, 0.1) is 0 Å². The molecule has 0 aromatic heterocycles. The molecule has 0 saturated heterocycles. The third-order valence-corrected chi connectivity index (χ3v) is 8.93. The van der Waals surface area contributed by atoms with Crippen LogP contribution in [-0.2, 0) is 9.84 Å². The molecule has 0 saturated carbocycles. The molecule has 0 amide bonds. The van der Waals surface area contributed by atoms with Gasteiger partial charge in [0.2, 0.25) is 0 Å². The van der Waals surface area contributed by atoms with Crippen LogP contribution in [0.15, 0.2) is 105 Å². The van der Waals surface area contributed by atoms with E-state index in [0.717, 1.165) is 56.9 Å². The Hall–Kier alpha value is -2.39. The van der Waals surface area contributed by atoms with Gasteiger partial charge in [-0.2, -0.15) is 0 Å². The summed E-state index contributed by atoms with van der Waals surface area (Å²) in [7, 11) is -3.41. The monoisotopic (exact) mass is 550 g/mol. The summed E-state index contributed by atoms with van der Waals surface area (Å²) in [6, 6.07) is 8.80. The van der Waals surface area contributed by atoms with Crippen molar-refractivity contribution in [3.63, 3.8) is 0 Å². The summed E-state index contributed by atoms with van der Waals surface area (Å²) in [4.78, 5) is 0.392. The lowest BCUT2D eigenvalue weighted by Gasteiger charge is -2.14. The number of hydrogen-bond acceptors (Lipinski definition) is 2. The second-order valence-corrected chi connectivity index (χ2v) is 13.7. The summed E-state index contributed by atoms with van der Waals surface area (Å²) in [5, 5.41) is -0.534. The van der Waals surface area contributed by atoms with Gasteiger partial charge in [0.15, 0.2) is 9.84 Å². The van der Waals surface area contributed by atoms with Gasteiger partial charge in [0.25, 0.3) is 0 Å². The van der Waals surface area contributed by atoms with Crippen LogP contribution in [-0.4, -0.2) is 13.7 Å². The minimum absolute atomic E-state index is 0.392. The molecule has 0 N–H and O–H groups in total. The quantitative estimate of drug-likeness (QED) is 0.143. The highest BCUT2D eigenvalue weighted by molar-refractivity contribution is 7.92. The maximum Gasteiger partial charge on any atom is 0.185 e. The molecular weight excluding hydrogens is 496 g/mol. The second-order valence-electron chi connectivity index (χ2n) is 11.5. The summed E-state index contributed by atoms with van der Waals surface area (Å²) < 4.78 is 26.4. The van der Waals surface area contributed by atoms with Crippen LogP contribution in [0.1, 0.15) is 113 Å². The molecule has 1 rings (SSSR count). The van der Waals surface area contributed by atoms with Gasteiger partial charge in [-0.3, -0.25) is 0 Å². The molecule has 0 bridgehead atoms. The SMILES string of the molecule is CC(C)=CCC/C(C)=C/CC/C(C)=C/CC/C=C(\C)CC/C(C)=C/CC(C=C(C)C)S(=O)(=O)c1ccccc1. The van der Waals surface area contributed by atoms with Crippen molar-refractivity contribution in [1.82, 2.24) is 0 Å². The van der Waals surface area contributed by atoms with Crippen molar-refractivity contribution in [3.05, 3.63) is 100 Å². The van der Waals surface area contributed by atoms with E-state index in [0.29, 0.717) is 11.3 Å². The van der Waals surface area contributed by atoms with Crippen LogP contribution in [0.4, 0.5) is 0 Å². The fourth-order valence-electron chi connectivity index (χ4n) is 4.36. The van der Waals surface area contributed by atoms with Crippen molar-refractivity contribution in [2.75, 3.05) is 0 Å². The predicted octanol–water partition coefficient (Wildman–Crippen LogP) is 11.1. The Bertz CT molecular complexity index is 1150. The minimum Gasteiger partial charge on any atom is -0.223 e. The fraction of sp³-hybridized carbons (Fsp3) is 0.500. The summed E-state index contributed by atoms with van der Waals surface area (Å²) in [5.41, 5.74) is 8.05. The summed E-state index contributed by atoms with van der Waals surface area (Å²) >= 11 is 0. The Labute approximate surface area is 241 Å². The third-order valence-electron chi connectivity index (χ3n) is 6.88. The molecule has 1 aromatic carbocycles. The number of sulfone groups is 1. The molecule has 0 spiro atoms. The molecule has 0 aliphatic heterocycles. The van der Waals surface area contributed by atoms with Crippen LogP contribution in [0.25, 0.3) is 0 Å². The Balaban J connectivity index is 2.51. The molecule has 0 aliphatic rings. The van der Waals surface area contributed by atoms with Gasteiger partial charge in [0, 0.05) is 0 Å². The van der Waals surface area contributed by atoms with Gasteiger partial charge in [-0.1, -0.05) is 88.1 Å². The smallest absolute Gasteiger partial charge is 0.185 e. The van der Waals surface area contributed by atoms with Gasteiger partial charge in [0.05, 0.1) is 10.1 Å². The lowest BCUT2D eigenvalue weighted by molar-refractivity contribution is 0.588. The van der Waals surface area contributed by atoms with Gasteiger partial charge in [-0.15, -0.1) is 0 Å². The fourth-order valence-corrected chi connectivity index (χ4v) is 6.04. The first-order valence-electron chi connectivity index (χ1n) is 14.6. The van der Waals surface area contributed by atoms with Crippen LogP contribution in [0.3, 0.4) is 0 Å². The van der Waals surface area contributed by atoms with Crippen molar-refractivity contribution < 1.29 is 8.42 Å². The largest absolute Gasteiger partial charge is 0.223 e. The highest BCUT2D eigenvalue weighted by Crippen LogP contribution is 2.22. The highest BCUT2D eigenvalue weighted by Gasteiger charge is 2.24. The highest BCUT2D eigenvalue weighted by atomic mass is 32.2. The van der Waals surface area contributed by atoms with Crippen molar-refractivity contribution in [2.45, 2.75) is 123 Å². The Morgan fingerprint density at radius 2 is 1.05 bits per heavy atom. The minimum atomic E-state index is -3.41. The number of hydrogen-bond donors (Lipinski definition) is 0. The van der Waals surface area contributed by atoms with Crippen molar-refractivity contribution in [3.8, 4) is 0 Å². The van der Waals surface area contributed by atoms with E-state index in [1.54, 1.807) is 24.3 Å². The lowest BCUT2D eigenvalue weighted by Crippen LogP contribution is -2.19. The van der Waals surface area contributed by atoms with E-state index in [9.17, 15) is 8.42 Å². The van der Waals surface area contributed by atoms with Crippen molar-refractivity contribution in [1.29, 1.82) is 0 Å². The number of allylic oxidation sites excluding steroid dienone is 11. The first-order valence-corrected chi connectivity index (χ1v) is 16.2. The topological polar surface area (TPSA) is 34.1 Å². The van der Waals surface area contributed by atoms with Crippen LogP contribution < -0.4 is 0 Å². The van der Waals surface area contributed by atoms with Gasteiger partial charge in [0.1, 0.15) is 0 Å². The van der Waals surface area contributed by atoms with Gasteiger partial charge < -0.3 is 0 Å². The molecule has 0 heterocycles. The number of rotatable bonds is 17. The first-order chi connectivity index (χ1) is 18.4. The average Bonchev–Trinajstić information content (AvgIpc) is 2.87. The van der Waals surface area contributed by atoms with E-state index in [2.05, 4.69) is 71.9 Å². The summed E-state index contributed by atoms with van der Waals surface area (Å²) in [6.45, 7) is 17.1. The molecule has 0 aliphatic carbocycles. The zero-order valence-corrected chi connectivity index (χ0v) is 26.8. The van der Waals surface area contributed by atoms with E-state index < -0.39 is 15.1 Å². The molecule has 3 heteroatoms. The first kappa shape index (κ1) is 34.6. The molecule has 1 aromatic rings. The van der Waals surface area contributed by atoms with Crippen molar-refractivity contribution >= 4 is 9.84 Å². The molecule has 0 fully saturated rings. The lowest BCUT2D eigenvalue weighted by atomic mass is 10.0. The van der Waals surface area contributed by atoms with Gasteiger partial charge >= 0.3 is 0 Å². The van der Waals surface area contributed by atoms with E-state index in [4.69, 9.17) is 0 Å². The summed E-state index contributed by atoms with van der Waals surface area (Å²) in [5.74, 6) is 0. The molecule has 0 radical (unpaired) electrons. The second kappa shape index (κ2) is 18.8. The zero-order valence-electron chi connectivity index (χ0n) is 26.0. The Morgan fingerprint density at radius 3 is 1.56 bits per heavy atom. The van der Waals surface area contributed by atoms with E-state index >= 15 is 0 Å². The van der Waals surface area contributed by atoms with Crippen LogP contribution in [0.2, 0.25) is 0 Å². The number of unbranched alkanes of at least 4 members (excludes halogenated alkanes) is 1. The normalized spacial score (nSPS) is 14.3. The maximum atomic E-state index is 13.2. The van der Waals surface area contributed by atoms with Crippen molar-refractivity contribution in [2.24, 2.45) is 0 Å². The van der Waals surface area contributed by atoms with E-state index in [1.165, 1.54) is 27.9 Å². The zero-order chi connectivity index (χ0) is 29.3. The predicted molar refractivity (Wildman–Crippen MR) is 173 cm³/mol. The third kappa shape index (κ3) is 15.7. The van der Waals surface area contributed by atoms with E-state index in [1.807, 2.05) is 26.0 Å². The molecule has 39 heavy (non-hydrogen) atoms. The Kier molecular flexibility index (Phi) is 16.7. The molecule has 1 atom stereocenters. The molecular formula is C36H54O2S.